The Morgan fingerprint density at radius 1 is 1.39 bits per heavy atom. The van der Waals surface area contributed by atoms with Gasteiger partial charge in [0.2, 0.25) is 0 Å². The molecule has 0 aliphatic carbocycles. The molecule has 1 saturated heterocycles. The zero-order chi connectivity index (χ0) is 12.8. The molecule has 1 aromatic carbocycles. The van der Waals surface area contributed by atoms with Crippen LogP contribution in [0.3, 0.4) is 0 Å². The van der Waals surface area contributed by atoms with Crippen molar-refractivity contribution < 1.29 is 0 Å². The van der Waals surface area contributed by atoms with Crippen LogP contribution in [0.2, 0.25) is 5.02 Å². The summed E-state index contributed by atoms with van der Waals surface area (Å²) in [5.41, 5.74) is 1.27. The molecule has 2 unspecified atom stereocenters. The fraction of sp³-hybridized carbons (Fsp3) is 0.600. The van der Waals surface area contributed by atoms with Gasteiger partial charge in [-0.1, -0.05) is 43.1 Å². The SMILES string of the molecule is CCCNC(c1ccccc1Cl)C1CCCCS1. The van der Waals surface area contributed by atoms with Gasteiger partial charge in [-0.3, -0.25) is 0 Å². The zero-order valence-corrected chi connectivity index (χ0v) is 12.6. The zero-order valence-electron chi connectivity index (χ0n) is 11.0. The van der Waals surface area contributed by atoms with Crippen molar-refractivity contribution in [2.24, 2.45) is 0 Å². The van der Waals surface area contributed by atoms with Crippen molar-refractivity contribution in [2.45, 2.75) is 43.9 Å². The van der Waals surface area contributed by atoms with Crippen LogP contribution in [-0.4, -0.2) is 17.5 Å². The van der Waals surface area contributed by atoms with E-state index in [1.165, 1.54) is 37.0 Å². The smallest absolute Gasteiger partial charge is 0.0455 e. The summed E-state index contributed by atoms with van der Waals surface area (Å²) in [5, 5.41) is 5.26. The van der Waals surface area contributed by atoms with Gasteiger partial charge in [0.1, 0.15) is 0 Å². The lowest BCUT2D eigenvalue weighted by Crippen LogP contribution is -2.32. The highest BCUT2D eigenvalue weighted by Crippen LogP contribution is 2.37. The quantitative estimate of drug-likeness (QED) is 0.843. The van der Waals surface area contributed by atoms with E-state index in [1.54, 1.807) is 0 Å². The van der Waals surface area contributed by atoms with Gasteiger partial charge in [0.05, 0.1) is 0 Å². The van der Waals surface area contributed by atoms with Gasteiger partial charge >= 0.3 is 0 Å². The van der Waals surface area contributed by atoms with Gasteiger partial charge in [-0.15, -0.1) is 0 Å². The highest BCUT2D eigenvalue weighted by molar-refractivity contribution is 8.00. The lowest BCUT2D eigenvalue weighted by atomic mass is 9.99. The molecular formula is C15H22ClNS. The number of hydrogen-bond acceptors (Lipinski definition) is 2. The number of thioether (sulfide) groups is 1. The van der Waals surface area contributed by atoms with Crippen molar-refractivity contribution in [1.82, 2.24) is 5.32 Å². The van der Waals surface area contributed by atoms with Crippen LogP contribution in [0.1, 0.15) is 44.2 Å². The molecule has 0 bridgehead atoms. The summed E-state index contributed by atoms with van der Waals surface area (Å²) >= 11 is 8.47. The first kappa shape index (κ1) is 14.2. The van der Waals surface area contributed by atoms with Crippen molar-refractivity contribution in [3.05, 3.63) is 34.9 Å². The molecule has 1 aromatic rings. The molecule has 18 heavy (non-hydrogen) atoms. The van der Waals surface area contributed by atoms with Gasteiger partial charge in [0.25, 0.3) is 0 Å². The predicted molar refractivity (Wildman–Crippen MR) is 82.6 cm³/mol. The molecular weight excluding hydrogens is 262 g/mol. The Morgan fingerprint density at radius 2 is 2.22 bits per heavy atom. The molecule has 1 N–H and O–H groups in total. The Balaban J connectivity index is 2.15. The second-order valence-corrected chi connectivity index (χ2v) is 6.61. The number of rotatable bonds is 5. The fourth-order valence-corrected chi connectivity index (χ4v) is 4.19. The van der Waals surface area contributed by atoms with Crippen LogP contribution in [0.5, 0.6) is 0 Å². The van der Waals surface area contributed by atoms with Crippen molar-refractivity contribution in [2.75, 3.05) is 12.3 Å². The maximum absolute atomic E-state index is 6.37. The van der Waals surface area contributed by atoms with E-state index in [-0.39, 0.29) is 0 Å². The second kappa shape index (κ2) is 7.42. The van der Waals surface area contributed by atoms with Crippen molar-refractivity contribution in [3.63, 3.8) is 0 Å². The van der Waals surface area contributed by atoms with Crippen LogP contribution in [0.25, 0.3) is 0 Å². The summed E-state index contributed by atoms with van der Waals surface area (Å²) in [6, 6.07) is 8.69. The van der Waals surface area contributed by atoms with E-state index >= 15 is 0 Å². The van der Waals surface area contributed by atoms with Crippen molar-refractivity contribution in [1.29, 1.82) is 0 Å². The topological polar surface area (TPSA) is 12.0 Å². The molecule has 1 aliphatic heterocycles. The number of benzene rings is 1. The summed E-state index contributed by atoms with van der Waals surface area (Å²) in [4.78, 5) is 0. The van der Waals surface area contributed by atoms with Crippen LogP contribution >= 0.6 is 23.4 Å². The average molecular weight is 284 g/mol. The summed E-state index contributed by atoms with van der Waals surface area (Å²) in [6.45, 7) is 3.28. The lowest BCUT2D eigenvalue weighted by molar-refractivity contribution is 0.479. The van der Waals surface area contributed by atoms with Crippen molar-refractivity contribution >= 4 is 23.4 Å². The Bertz CT molecular complexity index is 363. The summed E-state index contributed by atoms with van der Waals surface area (Å²) in [5.74, 6) is 1.29. The Labute approximate surface area is 120 Å². The second-order valence-electron chi connectivity index (χ2n) is 4.86. The summed E-state index contributed by atoms with van der Waals surface area (Å²) in [6.07, 6.45) is 5.19. The highest BCUT2D eigenvalue weighted by Gasteiger charge is 2.26. The predicted octanol–water partition coefficient (Wildman–Crippen LogP) is 4.67. The monoisotopic (exact) mass is 283 g/mol. The third kappa shape index (κ3) is 3.66. The normalized spacial score (nSPS) is 21.8. The molecule has 0 amide bonds. The fourth-order valence-electron chi connectivity index (χ4n) is 2.50. The van der Waals surface area contributed by atoms with E-state index < -0.39 is 0 Å². The largest absolute Gasteiger partial charge is 0.309 e. The van der Waals surface area contributed by atoms with Crippen LogP contribution < -0.4 is 5.32 Å². The van der Waals surface area contributed by atoms with Gasteiger partial charge in [-0.2, -0.15) is 11.8 Å². The maximum Gasteiger partial charge on any atom is 0.0455 e. The lowest BCUT2D eigenvalue weighted by Gasteiger charge is -2.31. The van der Waals surface area contributed by atoms with Gasteiger partial charge in [0.15, 0.2) is 0 Å². The van der Waals surface area contributed by atoms with Gasteiger partial charge < -0.3 is 5.32 Å². The first-order valence-electron chi connectivity index (χ1n) is 6.92. The Morgan fingerprint density at radius 3 is 2.89 bits per heavy atom. The average Bonchev–Trinajstić information content (AvgIpc) is 2.42. The van der Waals surface area contributed by atoms with Gasteiger partial charge in [-0.05, 0) is 43.2 Å². The molecule has 1 aliphatic rings. The van der Waals surface area contributed by atoms with Crippen LogP contribution in [-0.2, 0) is 0 Å². The molecule has 0 spiro atoms. The number of halogens is 1. The molecule has 100 valence electrons. The molecule has 1 nitrogen and oxygen atoms in total. The van der Waals surface area contributed by atoms with Crippen molar-refractivity contribution in [3.8, 4) is 0 Å². The number of hydrogen-bond donors (Lipinski definition) is 1. The van der Waals surface area contributed by atoms with Crippen LogP contribution in [0.4, 0.5) is 0 Å². The third-order valence-electron chi connectivity index (χ3n) is 3.44. The van der Waals surface area contributed by atoms with E-state index in [0.29, 0.717) is 11.3 Å². The molecule has 0 saturated carbocycles. The molecule has 1 heterocycles. The van der Waals surface area contributed by atoms with E-state index in [1.807, 2.05) is 12.1 Å². The Kier molecular flexibility index (Phi) is 5.87. The highest BCUT2D eigenvalue weighted by atomic mass is 35.5. The maximum atomic E-state index is 6.37. The van der Waals surface area contributed by atoms with Crippen LogP contribution in [0, 0.1) is 0 Å². The number of nitrogens with one attached hydrogen (secondary N) is 1. The van der Waals surface area contributed by atoms with E-state index in [4.69, 9.17) is 11.6 Å². The third-order valence-corrected chi connectivity index (χ3v) is 5.25. The molecule has 2 atom stereocenters. The van der Waals surface area contributed by atoms with E-state index in [2.05, 4.69) is 36.1 Å². The minimum absolute atomic E-state index is 0.406. The van der Waals surface area contributed by atoms with Gasteiger partial charge in [-0.25, -0.2) is 0 Å². The molecule has 0 aromatic heterocycles. The molecule has 0 radical (unpaired) electrons. The first-order chi connectivity index (χ1) is 8.83. The first-order valence-corrected chi connectivity index (χ1v) is 8.35. The molecule has 1 fully saturated rings. The van der Waals surface area contributed by atoms with E-state index in [9.17, 15) is 0 Å². The summed E-state index contributed by atoms with van der Waals surface area (Å²) in [7, 11) is 0. The molecule has 3 heteroatoms. The minimum atomic E-state index is 0.406. The molecule has 2 rings (SSSR count). The van der Waals surface area contributed by atoms with Crippen LogP contribution in [0.15, 0.2) is 24.3 Å². The van der Waals surface area contributed by atoms with Gasteiger partial charge in [0, 0.05) is 16.3 Å². The Hall–Kier alpha value is -0.180. The standard InChI is InChI=1S/C15H22ClNS/c1-2-10-17-15(14-9-5-6-11-18-14)12-7-3-4-8-13(12)16/h3-4,7-8,14-15,17H,2,5-6,9-11H2,1H3. The summed E-state index contributed by atoms with van der Waals surface area (Å²) < 4.78 is 0. The van der Waals surface area contributed by atoms with E-state index in [0.717, 1.165) is 11.6 Å². The minimum Gasteiger partial charge on any atom is -0.309 e.